The van der Waals surface area contributed by atoms with Gasteiger partial charge >= 0.3 is 0 Å². The van der Waals surface area contributed by atoms with E-state index in [1.807, 2.05) is 0 Å². The van der Waals surface area contributed by atoms with Crippen LogP contribution in [0.15, 0.2) is 30.5 Å². The van der Waals surface area contributed by atoms with Gasteiger partial charge in [0, 0.05) is 11.8 Å². The summed E-state index contributed by atoms with van der Waals surface area (Å²) >= 11 is 0. The van der Waals surface area contributed by atoms with Gasteiger partial charge in [-0.2, -0.15) is 0 Å². The van der Waals surface area contributed by atoms with Gasteiger partial charge in [0.15, 0.2) is 0 Å². The van der Waals surface area contributed by atoms with Gasteiger partial charge in [-0.3, -0.25) is 5.84 Å². The van der Waals surface area contributed by atoms with Crippen LogP contribution in [0.4, 0.5) is 8.78 Å². The number of aromatic nitrogens is 2. The van der Waals surface area contributed by atoms with Crippen molar-refractivity contribution in [1.82, 2.24) is 15.4 Å². The van der Waals surface area contributed by atoms with Crippen molar-refractivity contribution in [1.29, 1.82) is 0 Å². The average Bonchev–Trinajstić information content (AvgIpc) is 2.34. The van der Waals surface area contributed by atoms with Crippen molar-refractivity contribution in [2.75, 3.05) is 0 Å². The van der Waals surface area contributed by atoms with Crippen LogP contribution in [0.5, 0.6) is 0 Å². The summed E-state index contributed by atoms with van der Waals surface area (Å²) in [5.74, 6) is 4.54. The largest absolute Gasteiger partial charge is 0.271 e. The maximum Gasteiger partial charge on any atom is 0.131 e. The molecule has 1 atom stereocenters. The molecule has 1 unspecified atom stereocenters. The molecule has 6 heteroatoms. The molecule has 1 aromatic heterocycles. The number of benzene rings is 1. The van der Waals surface area contributed by atoms with Crippen LogP contribution in [0.1, 0.15) is 23.1 Å². The second-order valence-corrected chi connectivity index (χ2v) is 3.76. The number of aryl methyl sites for hydroxylation is 1. The van der Waals surface area contributed by atoms with Crippen molar-refractivity contribution in [3.63, 3.8) is 0 Å². The fraction of sp³-hybridized carbons (Fsp3) is 0.167. The molecule has 0 spiro atoms. The van der Waals surface area contributed by atoms with Crippen LogP contribution in [-0.2, 0) is 0 Å². The highest BCUT2D eigenvalue weighted by Gasteiger charge is 2.21. The highest BCUT2D eigenvalue weighted by atomic mass is 19.1. The maximum absolute atomic E-state index is 13.7. The number of nitrogens with one attached hydrogen (secondary N) is 1. The zero-order valence-electron chi connectivity index (χ0n) is 9.69. The van der Waals surface area contributed by atoms with Crippen molar-refractivity contribution in [2.24, 2.45) is 5.84 Å². The summed E-state index contributed by atoms with van der Waals surface area (Å²) in [6.45, 7) is 1.69. The predicted octanol–water partition coefficient (Wildman–Crippen LogP) is 1.62. The second-order valence-electron chi connectivity index (χ2n) is 3.76. The molecule has 18 heavy (non-hydrogen) atoms. The van der Waals surface area contributed by atoms with Crippen molar-refractivity contribution < 1.29 is 8.78 Å². The van der Waals surface area contributed by atoms with Gasteiger partial charge in [-0.25, -0.2) is 24.2 Å². The Morgan fingerprint density at radius 3 is 2.44 bits per heavy atom. The van der Waals surface area contributed by atoms with Crippen LogP contribution in [-0.4, -0.2) is 9.97 Å². The summed E-state index contributed by atoms with van der Waals surface area (Å²) in [6.07, 6.45) is 1.51. The van der Waals surface area contributed by atoms with Gasteiger partial charge in [-0.1, -0.05) is 6.07 Å². The van der Waals surface area contributed by atoms with E-state index in [0.717, 1.165) is 0 Å². The van der Waals surface area contributed by atoms with Crippen molar-refractivity contribution in [2.45, 2.75) is 13.0 Å². The number of nitrogens with two attached hydrogens (primary N) is 1. The van der Waals surface area contributed by atoms with Crippen LogP contribution in [0, 0.1) is 18.6 Å². The molecule has 0 aliphatic rings. The first-order valence-corrected chi connectivity index (χ1v) is 5.33. The number of hydrazine groups is 1. The van der Waals surface area contributed by atoms with E-state index < -0.39 is 17.7 Å². The molecule has 4 nitrogen and oxygen atoms in total. The lowest BCUT2D eigenvalue weighted by Crippen LogP contribution is -2.31. The van der Waals surface area contributed by atoms with E-state index in [0.29, 0.717) is 11.5 Å². The molecule has 0 aliphatic heterocycles. The van der Waals surface area contributed by atoms with Crippen LogP contribution < -0.4 is 11.3 Å². The minimum Gasteiger partial charge on any atom is -0.271 e. The SMILES string of the molecule is Cc1nccc(C(NN)c2c(F)cccc2F)n1. The first-order valence-electron chi connectivity index (χ1n) is 5.33. The Bertz CT molecular complexity index is 539. The number of halogens is 2. The van der Waals surface area contributed by atoms with E-state index in [9.17, 15) is 8.78 Å². The van der Waals surface area contributed by atoms with Crippen LogP contribution in [0.3, 0.4) is 0 Å². The lowest BCUT2D eigenvalue weighted by molar-refractivity contribution is 0.504. The first-order chi connectivity index (χ1) is 8.63. The minimum absolute atomic E-state index is 0.155. The summed E-state index contributed by atoms with van der Waals surface area (Å²) in [5, 5.41) is 0. The van der Waals surface area contributed by atoms with Crippen LogP contribution in [0.25, 0.3) is 0 Å². The number of rotatable bonds is 3. The van der Waals surface area contributed by atoms with Gasteiger partial charge in [0.05, 0.1) is 11.7 Å². The van der Waals surface area contributed by atoms with Gasteiger partial charge in [-0.15, -0.1) is 0 Å². The van der Waals surface area contributed by atoms with E-state index in [1.54, 1.807) is 13.0 Å². The van der Waals surface area contributed by atoms with Gasteiger partial charge in [0.2, 0.25) is 0 Å². The predicted molar refractivity (Wildman–Crippen MR) is 62.3 cm³/mol. The maximum atomic E-state index is 13.7. The van der Waals surface area contributed by atoms with Crippen LogP contribution in [0.2, 0.25) is 0 Å². The smallest absolute Gasteiger partial charge is 0.131 e. The molecule has 1 aromatic carbocycles. The Hall–Kier alpha value is -1.92. The molecule has 0 radical (unpaired) electrons. The molecule has 0 fully saturated rings. The third-order valence-electron chi connectivity index (χ3n) is 2.55. The Morgan fingerprint density at radius 2 is 1.89 bits per heavy atom. The Balaban J connectivity index is 2.52. The fourth-order valence-corrected chi connectivity index (χ4v) is 1.74. The monoisotopic (exact) mass is 250 g/mol. The van der Waals surface area contributed by atoms with E-state index in [2.05, 4.69) is 15.4 Å². The molecule has 2 aromatic rings. The molecule has 2 rings (SSSR count). The Kier molecular flexibility index (Phi) is 3.59. The zero-order chi connectivity index (χ0) is 13.1. The van der Waals surface area contributed by atoms with Crippen molar-refractivity contribution >= 4 is 0 Å². The third-order valence-corrected chi connectivity index (χ3v) is 2.55. The number of hydrogen-bond donors (Lipinski definition) is 2. The number of nitrogens with zero attached hydrogens (tertiary/aromatic N) is 2. The summed E-state index contributed by atoms with van der Waals surface area (Å²) in [7, 11) is 0. The molecule has 1 heterocycles. The molecule has 0 amide bonds. The molecule has 0 aliphatic carbocycles. The molecular weight excluding hydrogens is 238 g/mol. The molecular formula is C12H12F2N4. The average molecular weight is 250 g/mol. The van der Waals surface area contributed by atoms with Crippen LogP contribution >= 0.6 is 0 Å². The van der Waals surface area contributed by atoms with Gasteiger partial charge < -0.3 is 0 Å². The van der Waals surface area contributed by atoms with Crippen molar-refractivity contribution in [3.8, 4) is 0 Å². The second kappa shape index (κ2) is 5.16. The summed E-state index contributed by atoms with van der Waals surface area (Å²) in [6, 6.07) is 4.36. The first kappa shape index (κ1) is 12.5. The van der Waals surface area contributed by atoms with Gasteiger partial charge in [-0.05, 0) is 25.1 Å². The lowest BCUT2D eigenvalue weighted by atomic mass is 10.0. The standard InChI is InChI=1S/C12H12F2N4/c1-7-16-6-5-10(17-7)12(18-15)11-8(13)3-2-4-9(11)14/h2-6,12,18H,15H2,1H3. The molecule has 3 N–H and O–H groups in total. The fourth-order valence-electron chi connectivity index (χ4n) is 1.74. The molecule has 94 valence electrons. The molecule has 0 bridgehead atoms. The highest BCUT2D eigenvalue weighted by Crippen LogP contribution is 2.24. The summed E-state index contributed by atoms with van der Waals surface area (Å²) in [5.41, 5.74) is 2.63. The molecule has 0 saturated carbocycles. The quantitative estimate of drug-likeness (QED) is 0.641. The van der Waals surface area contributed by atoms with Crippen molar-refractivity contribution in [3.05, 3.63) is 59.2 Å². The van der Waals surface area contributed by atoms with Gasteiger partial charge in [0.1, 0.15) is 17.5 Å². The summed E-state index contributed by atoms with van der Waals surface area (Å²) in [4.78, 5) is 8.04. The number of hydrogen-bond acceptors (Lipinski definition) is 4. The highest BCUT2D eigenvalue weighted by molar-refractivity contribution is 5.30. The van der Waals surface area contributed by atoms with E-state index in [1.165, 1.54) is 24.4 Å². The molecule has 0 saturated heterocycles. The van der Waals surface area contributed by atoms with E-state index in [-0.39, 0.29) is 5.56 Å². The third kappa shape index (κ3) is 2.34. The van der Waals surface area contributed by atoms with Gasteiger partial charge in [0.25, 0.3) is 0 Å². The topological polar surface area (TPSA) is 63.8 Å². The summed E-state index contributed by atoms with van der Waals surface area (Å²) < 4.78 is 27.4. The lowest BCUT2D eigenvalue weighted by Gasteiger charge is -2.17. The van der Waals surface area contributed by atoms with E-state index in [4.69, 9.17) is 5.84 Å². The normalized spacial score (nSPS) is 12.4. The Labute approximate surface area is 103 Å². The zero-order valence-corrected chi connectivity index (χ0v) is 9.69. The Morgan fingerprint density at radius 1 is 1.22 bits per heavy atom. The van der Waals surface area contributed by atoms with E-state index >= 15 is 0 Å². The minimum atomic E-state index is -0.854.